The monoisotopic (exact) mass is 289 g/mol. The van der Waals surface area contributed by atoms with Crippen molar-refractivity contribution in [1.29, 1.82) is 5.26 Å². The number of nitriles is 1. The van der Waals surface area contributed by atoms with E-state index >= 15 is 0 Å². The summed E-state index contributed by atoms with van der Waals surface area (Å²) in [5.74, 6) is -0.252. The zero-order chi connectivity index (χ0) is 15.8. The molecular weight excluding hydrogens is 266 g/mol. The van der Waals surface area contributed by atoms with Crippen LogP contribution in [0.15, 0.2) is 37.1 Å². The van der Waals surface area contributed by atoms with Crippen LogP contribution in [0.3, 0.4) is 0 Å². The molecule has 2 unspecified atom stereocenters. The van der Waals surface area contributed by atoms with Gasteiger partial charge in [-0.25, -0.2) is 0 Å². The maximum Gasteiger partial charge on any atom is 0.266 e. The zero-order valence-corrected chi connectivity index (χ0v) is 12.8. The first-order valence-corrected chi connectivity index (χ1v) is 7.04. The van der Waals surface area contributed by atoms with Crippen molar-refractivity contribution in [3.8, 4) is 6.07 Å². The first-order chi connectivity index (χ1) is 10.0. The van der Waals surface area contributed by atoms with E-state index in [1.807, 2.05) is 24.8 Å². The number of ether oxygens (including phenoxy) is 1. The lowest BCUT2D eigenvalue weighted by Gasteiger charge is -2.35. The Morgan fingerprint density at radius 3 is 2.29 bits per heavy atom. The average Bonchev–Trinajstić information content (AvgIpc) is 2.43. The topological polar surface area (TPSA) is 56.6 Å². The summed E-state index contributed by atoms with van der Waals surface area (Å²) < 4.78 is 5.60. The number of carbonyl (C=O) groups excluding carboxylic acids is 1. The fourth-order valence-corrected chi connectivity index (χ4v) is 2.34. The van der Waals surface area contributed by atoms with Gasteiger partial charge in [0.2, 0.25) is 0 Å². The molecule has 1 heterocycles. The van der Waals surface area contributed by atoms with E-state index in [1.165, 1.54) is 0 Å². The predicted molar refractivity (Wildman–Crippen MR) is 82.3 cm³/mol. The van der Waals surface area contributed by atoms with Gasteiger partial charge in [-0.05, 0) is 13.8 Å². The van der Waals surface area contributed by atoms with Gasteiger partial charge in [-0.3, -0.25) is 4.79 Å². The normalized spacial score (nSPS) is 22.3. The second-order valence-corrected chi connectivity index (χ2v) is 5.15. The van der Waals surface area contributed by atoms with E-state index in [-0.39, 0.29) is 23.7 Å². The van der Waals surface area contributed by atoms with Crippen LogP contribution in [0, 0.1) is 11.3 Å². The SMILES string of the molecule is C=CCN(/C=C(/C#N)C(=O)N1CC(C)OC(C)C1)CC=C. The Hall–Kier alpha value is -2.06. The van der Waals surface area contributed by atoms with E-state index in [9.17, 15) is 10.1 Å². The minimum atomic E-state index is -0.252. The van der Waals surface area contributed by atoms with Gasteiger partial charge in [0.05, 0.1) is 12.2 Å². The standard InChI is InChI=1S/C16H23N3O2/c1-5-7-18(8-6-2)12-15(9-17)16(20)19-10-13(3)21-14(4)11-19/h5-6,12-14H,1-2,7-8,10-11H2,3-4H3/b15-12-. The Bertz CT molecular complexity index is 445. The van der Waals surface area contributed by atoms with Crippen molar-refractivity contribution in [3.63, 3.8) is 0 Å². The van der Waals surface area contributed by atoms with Crippen molar-refractivity contribution in [2.24, 2.45) is 0 Å². The average molecular weight is 289 g/mol. The van der Waals surface area contributed by atoms with Gasteiger partial charge >= 0.3 is 0 Å². The van der Waals surface area contributed by atoms with Crippen molar-refractivity contribution in [3.05, 3.63) is 37.1 Å². The molecule has 0 aromatic rings. The minimum absolute atomic E-state index is 0.0184. The highest BCUT2D eigenvalue weighted by Crippen LogP contribution is 2.14. The van der Waals surface area contributed by atoms with Crippen LogP contribution in [0.1, 0.15) is 13.8 Å². The van der Waals surface area contributed by atoms with Gasteiger partial charge in [-0.2, -0.15) is 5.26 Å². The third-order valence-electron chi connectivity index (χ3n) is 3.10. The van der Waals surface area contributed by atoms with E-state index in [2.05, 4.69) is 13.2 Å². The van der Waals surface area contributed by atoms with Crippen LogP contribution < -0.4 is 0 Å². The highest BCUT2D eigenvalue weighted by atomic mass is 16.5. The van der Waals surface area contributed by atoms with Gasteiger partial charge in [0.25, 0.3) is 5.91 Å². The molecule has 0 aromatic heterocycles. The summed E-state index contributed by atoms with van der Waals surface area (Å²) in [6.07, 6.45) is 4.98. The molecule has 0 aliphatic carbocycles. The van der Waals surface area contributed by atoms with Crippen LogP contribution in [0.25, 0.3) is 0 Å². The quantitative estimate of drug-likeness (QED) is 0.424. The summed E-state index contributed by atoms with van der Waals surface area (Å²) in [6.45, 7) is 13.3. The van der Waals surface area contributed by atoms with E-state index < -0.39 is 0 Å². The molecule has 1 amide bonds. The lowest BCUT2D eigenvalue weighted by atomic mass is 10.2. The molecule has 1 aliphatic rings. The van der Waals surface area contributed by atoms with Crippen molar-refractivity contribution < 1.29 is 9.53 Å². The van der Waals surface area contributed by atoms with E-state index in [4.69, 9.17) is 4.74 Å². The van der Waals surface area contributed by atoms with Gasteiger partial charge in [0.15, 0.2) is 0 Å². The molecule has 1 aliphatic heterocycles. The smallest absolute Gasteiger partial charge is 0.266 e. The molecule has 114 valence electrons. The summed E-state index contributed by atoms with van der Waals surface area (Å²) in [7, 11) is 0. The van der Waals surface area contributed by atoms with Crippen LogP contribution >= 0.6 is 0 Å². The van der Waals surface area contributed by atoms with Crippen LogP contribution in [-0.2, 0) is 9.53 Å². The van der Waals surface area contributed by atoms with Crippen LogP contribution in [0.5, 0.6) is 0 Å². The van der Waals surface area contributed by atoms with Crippen molar-refractivity contribution in [2.75, 3.05) is 26.2 Å². The maximum absolute atomic E-state index is 12.5. The number of amides is 1. The molecule has 0 saturated carbocycles. The molecule has 0 radical (unpaired) electrons. The Morgan fingerprint density at radius 2 is 1.86 bits per heavy atom. The van der Waals surface area contributed by atoms with E-state index in [0.717, 1.165) is 0 Å². The van der Waals surface area contributed by atoms with E-state index in [1.54, 1.807) is 23.3 Å². The highest BCUT2D eigenvalue weighted by Gasteiger charge is 2.28. The zero-order valence-electron chi connectivity index (χ0n) is 12.8. The van der Waals surface area contributed by atoms with Crippen LogP contribution in [-0.4, -0.2) is 54.1 Å². The molecule has 1 rings (SSSR count). The van der Waals surface area contributed by atoms with Crippen molar-refractivity contribution >= 4 is 5.91 Å². The highest BCUT2D eigenvalue weighted by molar-refractivity contribution is 5.97. The van der Waals surface area contributed by atoms with E-state index in [0.29, 0.717) is 26.2 Å². The largest absolute Gasteiger partial charge is 0.372 e. The Kier molecular flexibility index (Phi) is 6.70. The lowest BCUT2D eigenvalue weighted by Crippen LogP contribution is -2.48. The number of morpholine rings is 1. The van der Waals surface area contributed by atoms with Crippen molar-refractivity contribution in [1.82, 2.24) is 9.80 Å². The minimum Gasteiger partial charge on any atom is -0.372 e. The third-order valence-corrected chi connectivity index (χ3v) is 3.10. The number of carbonyl (C=O) groups is 1. The Morgan fingerprint density at radius 1 is 1.33 bits per heavy atom. The van der Waals surface area contributed by atoms with Gasteiger partial charge in [0.1, 0.15) is 11.6 Å². The lowest BCUT2D eigenvalue weighted by molar-refractivity contribution is -0.138. The molecule has 5 nitrogen and oxygen atoms in total. The second-order valence-electron chi connectivity index (χ2n) is 5.15. The molecular formula is C16H23N3O2. The summed E-state index contributed by atoms with van der Waals surface area (Å²) in [5, 5.41) is 9.27. The summed E-state index contributed by atoms with van der Waals surface area (Å²) in [4.78, 5) is 16.0. The molecule has 0 aromatic carbocycles. The molecule has 5 heteroatoms. The van der Waals surface area contributed by atoms with Gasteiger partial charge in [-0.1, -0.05) is 12.2 Å². The first-order valence-electron chi connectivity index (χ1n) is 7.04. The fourth-order valence-electron chi connectivity index (χ4n) is 2.34. The maximum atomic E-state index is 12.5. The molecule has 21 heavy (non-hydrogen) atoms. The number of hydrogen-bond acceptors (Lipinski definition) is 4. The molecule has 0 N–H and O–H groups in total. The second kappa shape index (κ2) is 8.28. The Balaban J connectivity index is 2.87. The van der Waals surface area contributed by atoms with Crippen LogP contribution in [0.4, 0.5) is 0 Å². The van der Waals surface area contributed by atoms with Crippen molar-refractivity contribution in [2.45, 2.75) is 26.1 Å². The predicted octanol–water partition coefficient (Wildman–Crippen LogP) is 1.70. The van der Waals surface area contributed by atoms with Gasteiger partial charge in [-0.15, -0.1) is 13.2 Å². The van der Waals surface area contributed by atoms with Gasteiger partial charge < -0.3 is 14.5 Å². The summed E-state index contributed by atoms with van der Waals surface area (Å²) in [6, 6.07) is 1.99. The summed E-state index contributed by atoms with van der Waals surface area (Å²) >= 11 is 0. The summed E-state index contributed by atoms with van der Waals surface area (Å²) in [5.41, 5.74) is 0.125. The Labute approximate surface area is 126 Å². The third kappa shape index (κ3) is 5.09. The molecule has 1 saturated heterocycles. The molecule has 1 fully saturated rings. The molecule has 0 spiro atoms. The first kappa shape index (κ1) is 17.0. The fraction of sp³-hybridized carbons (Fsp3) is 0.500. The number of hydrogen-bond donors (Lipinski definition) is 0. The number of nitrogens with zero attached hydrogens (tertiary/aromatic N) is 3. The molecule has 2 atom stereocenters. The van der Waals surface area contributed by atoms with Crippen LogP contribution in [0.2, 0.25) is 0 Å². The van der Waals surface area contributed by atoms with Gasteiger partial charge in [0, 0.05) is 32.4 Å². The number of rotatable bonds is 6. The molecule has 0 bridgehead atoms.